The van der Waals surface area contributed by atoms with E-state index in [9.17, 15) is 19.8 Å². The molecule has 0 radical (unpaired) electrons. The van der Waals surface area contributed by atoms with E-state index < -0.39 is 12.1 Å². The first-order valence-electron chi connectivity index (χ1n) is 10.8. The lowest BCUT2D eigenvalue weighted by molar-refractivity contribution is -0.160. The number of carboxylic acid groups (broad SMARTS) is 1. The molecule has 0 aromatic carbocycles. The van der Waals surface area contributed by atoms with Crippen LogP contribution in [0.1, 0.15) is 59.3 Å². The van der Waals surface area contributed by atoms with Crippen LogP contribution in [0, 0.1) is 35.5 Å². The van der Waals surface area contributed by atoms with Crippen LogP contribution in [0.25, 0.3) is 0 Å². The van der Waals surface area contributed by atoms with Gasteiger partial charge in [0.25, 0.3) is 0 Å². The van der Waals surface area contributed by atoms with Gasteiger partial charge in [0, 0.05) is 6.42 Å². The van der Waals surface area contributed by atoms with Crippen molar-refractivity contribution in [3.8, 4) is 0 Å². The molecule has 1 aliphatic heterocycles. The van der Waals surface area contributed by atoms with Gasteiger partial charge in [0.2, 0.25) is 0 Å². The van der Waals surface area contributed by atoms with E-state index >= 15 is 0 Å². The molecule has 3 aliphatic rings. The SMILES string of the molecule is CC([C@@H]1CCC=C2C=C[C@@H](C)[C@H](CC[C@H]3C[C@@H](O)CC(=O)O3)C21)[C@@H](C)C(=O)O. The third-order valence-corrected chi connectivity index (χ3v) is 7.37. The summed E-state index contributed by atoms with van der Waals surface area (Å²) in [5.74, 6) is 0.241. The molecule has 3 rings (SSSR count). The Morgan fingerprint density at radius 2 is 2.07 bits per heavy atom. The minimum atomic E-state index is -0.720. The zero-order valence-corrected chi connectivity index (χ0v) is 17.2. The lowest BCUT2D eigenvalue weighted by atomic mass is 9.59. The fourth-order valence-electron chi connectivity index (χ4n) is 5.53. The molecule has 0 saturated carbocycles. The molecule has 5 heteroatoms. The van der Waals surface area contributed by atoms with E-state index in [1.54, 1.807) is 0 Å². The van der Waals surface area contributed by atoms with Crippen molar-refractivity contribution < 1.29 is 24.5 Å². The van der Waals surface area contributed by atoms with Gasteiger partial charge in [0.15, 0.2) is 0 Å². The molecule has 2 unspecified atom stereocenters. The van der Waals surface area contributed by atoms with Gasteiger partial charge in [-0.3, -0.25) is 9.59 Å². The molecule has 1 fully saturated rings. The summed E-state index contributed by atoms with van der Waals surface area (Å²) >= 11 is 0. The molecule has 156 valence electrons. The topological polar surface area (TPSA) is 83.8 Å². The third kappa shape index (κ3) is 4.51. The Morgan fingerprint density at radius 3 is 2.75 bits per heavy atom. The summed E-state index contributed by atoms with van der Waals surface area (Å²) in [6.07, 6.45) is 10.3. The van der Waals surface area contributed by atoms with Crippen LogP contribution in [0.4, 0.5) is 0 Å². The van der Waals surface area contributed by atoms with Gasteiger partial charge in [-0.05, 0) is 60.8 Å². The molecule has 28 heavy (non-hydrogen) atoms. The summed E-state index contributed by atoms with van der Waals surface area (Å²) in [4.78, 5) is 23.2. The van der Waals surface area contributed by atoms with Gasteiger partial charge in [0.1, 0.15) is 6.10 Å². The Balaban J connectivity index is 1.75. The molecule has 0 spiro atoms. The quantitative estimate of drug-likeness (QED) is 0.671. The molecule has 0 amide bonds. The number of aliphatic carboxylic acids is 1. The maximum Gasteiger partial charge on any atom is 0.308 e. The second-order valence-electron chi connectivity index (χ2n) is 9.12. The number of hydrogen-bond acceptors (Lipinski definition) is 4. The number of carbonyl (C=O) groups excluding carboxylic acids is 1. The van der Waals surface area contributed by atoms with Gasteiger partial charge in [-0.15, -0.1) is 0 Å². The predicted octanol–water partition coefficient (Wildman–Crippen LogP) is 3.96. The molecule has 5 nitrogen and oxygen atoms in total. The van der Waals surface area contributed by atoms with Crippen LogP contribution in [0.2, 0.25) is 0 Å². The van der Waals surface area contributed by atoms with Crippen LogP contribution in [0.15, 0.2) is 23.8 Å². The van der Waals surface area contributed by atoms with E-state index in [4.69, 9.17) is 4.74 Å². The number of aliphatic hydroxyl groups excluding tert-OH is 1. The molecule has 2 N–H and O–H groups in total. The Kier molecular flexibility index (Phi) is 6.64. The fourth-order valence-corrected chi connectivity index (χ4v) is 5.53. The van der Waals surface area contributed by atoms with Crippen LogP contribution in [0.5, 0.6) is 0 Å². The Hall–Kier alpha value is -1.62. The first-order chi connectivity index (χ1) is 13.3. The van der Waals surface area contributed by atoms with E-state index in [2.05, 4.69) is 32.1 Å². The summed E-state index contributed by atoms with van der Waals surface area (Å²) < 4.78 is 5.45. The van der Waals surface area contributed by atoms with Crippen LogP contribution >= 0.6 is 0 Å². The number of cyclic esters (lactones) is 1. The maximum absolute atomic E-state index is 11.6. The Bertz CT molecular complexity index is 651. The van der Waals surface area contributed by atoms with E-state index in [1.807, 2.05) is 6.92 Å². The molecule has 0 aromatic heterocycles. The van der Waals surface area contributed by atoms with Gasteiger partial charge < -0.3 is 14.9 Å². The first kappa shape index (κ1) is 21.1. The van der Waals surface area contributed by atoms with Crippen molar-refractivity contribution in [1.29, 1.82) is 0 Å². The van der Waals surface area contributed by atoms with E-state index in [0.29, 0.717) is 30.1 Å². The highest BCUT2D eigenvalue weighted by Gasteiger charge is 2.42. The van der Waals surface area contributed by atoms with Crippen molar-refractivity contribution >= 4 is 11.9 Å². The number of carboxylic acids is 1. The standard InChI is InChI=1S/C23H34O5/c1-13-7-8-16-5-4-6-20(14(2)15(3)23(26)27)22(16)19(13)10-9-18-11-17(24)12-21(25)28-18/h5,7-8,13-15,17-20,22,24H,4,6,9-12H2,1-3H3,(H,26,27)/t13-,14?,15-,17-,18+,19+,20+,22?/m1/s1. The Labute approximate surface area is 167 Å². The van der Waals surface area contributed by atoms with Gasteiger partial charge in [-0.1, -0.05) is 39.0 Å². The molecule has 1 saturated heterocycles. The molecular formula is C23H34O5. The number of esters is 1. The summed E-state index contributed by atoms with van der Waals surface area (Å²) in [5, 5.41) is 19.4. The lowest BCUT2D eigenvalue weighted by Crippen LogP contribution is -2.40. The summed E-state index contributed by atoms with van der Waals surface area (Å²) in [7, 11) is 0. The highest BCUT2D eigenvalue weighted by Crippen LogP contribution is 2.49. The van der Waals surface area contributed by atoms with Gasteiger partial charge >= 0.3 is 11.9 Å². The van der Waals surface area contributed by atoms with Crippen molar-refractivity contribution in [1.82, 2.24) is 0 Å². The lowest BCUT2D eigenvalue weighted by Gasteiger charge is -2.45. The number of aliphatic hydroxyl groups is 1. The van der Waals surface area contributed by atoms with Crippen LogP contribution < -0.4 is 0 Å². The van der Waals surface area contributed by atoms with Crippen LogP contribution in [-0.2, 0) is 14.3 Å². The highest BCUT2D eigenvalue weighted by molar-refractivity contribution is 5.71. The normalized spacial score (nSPS) is 37.4. The Morgan fingerprint density at radius 1 is 1.32 bits per heavy atom. The zero-order valence-electron chi connectivity index (χ0n) is 17.2. The first-order valence-corrected chi connectivity index (χ1v) is 10.8. The second-order valence-corrected chi connectivity index (χ2v) is 9.12. The molecule has 0 bridgehead atoms. The van der Waals surface area contributed by atoms with Gasteiger partial charge in [0.05, 0.1) is 18.4 Å². The number of rotatable bonds is 6. The summed E-state index contributed by atoms with van der Waals surface area (Å²) in [6.45, 7) is 6.15. The van der Waals surface area contributed by atoms with E-state index in [1.165, 1.54) is 5.57 Å². The molecular weight excluding hydrogens is 356 g/mol. The van der Waals surface area contributed by atoms with Crippen molar-refractivity contribution in [2.75, 3.05) is 0 Å². The van der Waals surface area contributed by atoms with Gasteiger partial charge in [-0.25, -0.2) is 0 Å². The second kappa shape index (κ2) is 8.81. The molecule has 1 heterocycles. The third-order valence-electron chi connectivity index (χ3n) is 7.37. The average molecular weight is 391 g/mol. The smallest absolute Gasteiger partial charge is 0.308 e. The summed E-state index contributed by atoms with van der Waals surface area (Å²) in [6, 6.07) is 0. The van der Waals surface area contributed by atoms with Crippen molar-refractivity contribution in [3.05, 3.63) is 23.8 Å². The monoisotopic (exact) mass is 390 g/mol. The number of carbonyl (C=O) groups is 2. The number of allylic oxidation sites excluding steroid dienone is 4. The number of ether oxygens (including phenoxy) is 1. The van der Waals surface area contributed by atoms with Crippen LogP contribution in [-0.4, -0.2) is 34.4 Å². The fraction of sp³-hybridized carbons (Fsp3) is 0.739. The zero-order chi connectivity index (χ0) is 20.4. The molecule has 0 aromatic rings. The van der Waals surface area contributed by atoms with E-state index in [-0.39, 0.29) is 30.3 Å². The minimum absolute atomic E-state index is 0.0985. The van der Waals surface area contributed by atoms with E-state index in [0.717, 1.165) is 25.7 Å². The van der Waals surface area contributed by atoms with Gasteiger partial charge in [-0.2, -0.15) is 0 Å². The minimum Gasteiger partial charge on any atom is -0.481 e. The molecule has 2 aliphatic carbocycles. The predicted molar refractivity (Wildman–Crippen MR) is 106 cm³/mol. The maximum atomic E-state index is 11.6. The van der Waals surface area contributed by atoms with Crippen molar-refractivity contribution in [3.63, 3.8) is 0 Å². The number of hydrogen-bond donors (Lipinski definition) is 2. The average Bonchev–Trinajstić information content (AvgIpc) is 2.64. The summed E-state index contributed by atoms with van der Waals surface area (Å²) in [5.41, 5.74) is 1.35. The van der Waals surface area contributed by atoms with Crippen molar-refractivity contribution in [2.45, 2.75) is 71.5 Å². The van der Waals surface area contributed by atoms with Crippen molar-refractivity contribution in [2.24, 2.45) is 35.5 Å². The highest BCUT2D eigenvalue weighted by atomic mass is 16.5. The van der Waals surface area contributed by atoms with Crippen LogP contribution in [0.3, 0.4) is 0 Å². The largest absolute Gasteiger partial charge is 0.481 e. The molecule has 8 atom stereocenters. The number of fused-ring (bicyclic) bond motifs is 1.